The molecule has 3 aliphatic rings. The quantitative estimate of drug-likeness (QED) is 0.508. The minimum atomic E-state index is 0.209. The summed E-state index contributed by atoms with van der Waals surface area (Å²) in [6.07, 6.45) is 4.17. The number of hydrogen-bond donors (Lipinski definition) is 0. The van der Waals surface area contributed by atoms with Crippen molar-refractivity contribution in [3.63, 3.8) is 0 Å². The summed E-state index contributed by atoms with van der Waals surface area (Å²) in [6, 6.07) is 9.17. The molecular formula is C22H30BBr. The van der Waals surface area contributed by atoms with E-state index < -0.39 is 0 Å². The van der Waals surface area contributed by atoms with Crippen molar-refractivity contribution in [3.05, 3.63) is 46.4 Å². The van der Waals surface area contributed by atoms with E-state index >= 15 is 0 Å². The third kappa shape index (κ3) is 2.11. The average molecular weight is 385 g/mol. The molecule has 3 fully saturated rings. The van der Waals surface area contributed by atoms with Crippen LogP contribution < -0.4 is 0 Å². The van der Waals surface area contributed by atoms with Crippen molar-refractivity contribution >= 4 is 22.6 Å². The van der Waals surface area contributed by atoms with Gasteiger partial charge in [0.15, 0.2) is 6.71 Å². The third-order valence-electron chi connectivity index (χ3n) is 8.52. The van der Waals surface area contributed by atoms with Gasteiger partial charge in [0.1, 0.15) is 0 Å². The van der Waals surface area contributed by atoms with Gasteiger partial charge >= 0.3 is 0 Å². The maximum absolute atomic E-state index is 4.73. The second-order valence-electron chi connectivity index (χ2n) is 9.92. The molecule has 0 spiro atoms. The second kappa shape index (κ2) is 5.03. The molecule has 0 radical (unpaired) electrons. The van der Waals surface area contributed by atoms with Gasteiger partial charge in [-0.3, -0.25) is 0 Å². The molecule has 0 amide bonds. The Labute approximate surface area is 156 Å². The molecule has 1 aromatic rings. The molecule has 2 aliphatic carbocycles. The summed E-state index contributed by atoms with van der Waals surface area (Å²) in [5.74, 6) is 2.55. The first-order valence-electron chi connectivity index (χ1n) is 9.57. The fourth-order valence-electron chi connectivity index (χ4n) is 5.91. The summed E-state index contributed by atoms with van der Waals surface area (Å²) in [5, 5.41) is 0.255. The minimum Gasteiger partial charge on any atom is -0.108 e. The van der Waals surface area contributed by atoms with Crippen LogP contribution in [0, 0.1) is 22.7 Å². The largest absolute Gasteiger partial charge is 0.185 e. The van der Waals surface area contributed by atoms with E-state index in [-0.39, 0.29) is 10.7 Å². The van der Waals surface area contributed by atoms with E-state index in [0.717, 1.165) is 17.7 Å². The van der Waals surface area contributed by atoms with E-state index in [0.29, 0.717) is 12.1 Å². The van der Waals surface area contributed by atoms with E-state index in [1.54, 1.807) is 0 Å². The smallest absolute Gasteiger partial charge is 0.108 e. The van der Waals surface area contributed by atoms with Gasteiger partial charge in [0.05, 0.1) is 0 Å². The van der Waals surface area contributed by atoms with Gasteiger partial charge in [-0.05, 0) is 58.5 Å². The Hall–Kier alpha value is -0.495. The summed E-state index contributed by atoms with van der Waals surface area (Å²) in [6.45, 7) is 17.8. The monoisotopic (exact) mass is 384 g/mol. The molecule has 1 aromatic carbocycles. The first-order chi connectivity index (χ1) is 11.1. The zero-order valence-corrected chi connectivity index (χ0v) is 17.4. The number of halogens is 1. The van der Waals surface area contributed by atoms with Crippen molar-refractivity contribution in [2.45, 2.75) is 65.0 Å². The summed E-state index contributed by atoms with van der Waals surface area (Å²) in [5.41, 5.74) is 3.63. The standard InChI is InChI=1S/C22H30BBr/c1-14-20(2,3)21(4,5)18-13-19(18)23(14)22(6,15-7-8-15)16-9-11-17(24)12-10-16/h9-12,15,18-19H,1,7-8,13H2,2-6H3/t18?,19?,22-/m1/s1. The zero-order valence-electron chi connectivity index (χ0n) is 15.8. The average Bonchev–Trinajstić information content (AvgIpc) is 3.38. The fourth-order valence-corrected chi connectivity index (χ4v) is 6.17. The molecule has 2 heteroatoms. The number of fused-ring (bicyclic) bond motifs is 1. The van der Waals surface area contributed by atoms with Crippen LogP contribution >= 0.6 is 15.9 Å². The predicted molar refractivity (Wildman–Crippen MR) is 109 cm³/mol. The molecule has 128 valence electrons. The summed E-state index contributed by atoms with van der Waals surface area (Å²) in [7, 11) is 0. The van der Waals surface area contributed by atoms with E-state index in [1.165, 1.54) is 34.8 Å². The maximum atomic E-state index is 4.73. The second-order valence-corrected chi connectivity index (χ2v) is 10.8. The van der Waals surface area contributed by atoms with Crippen molar-refractivity contribution in [2.75, 3.05) is 0 Å². The molecule has 3 atom stereocenters. The molecule has 0 nitrogen and oxygen atoms in total. The van der Waals surface area contributed by atoms with Gasteiger partial charge < -0.3 is 0 Å². The van der Waals surface area contributed by atoms with Gasteiger partial charge in [0.2, 0.25) is 0 Å². The van der Waals surface area contributed by atoms with Crippen molar-refractivity contribution in [2.24, 2.45) is 22.7 Å². The van der Waals surface area contributed by atoms with Crippen molar-refractivity contribution < 1.29 is 0 Å². The lowest BCUT2D eigenvalue weighted by Gasteiger charge is -2.54. The van der Waals surface area contributed by atoms with E-state index in [4.69, 9.17) is 6.58 Å². The topological polar surface area (TPSA) is 0 Å². The molecule has 2 unspecified atom stereocenters. The molecule has 0 aromatic heterocycles. The number of benzene rings is 1. The van der Waals surface area contributed by atoms with Crippen LogP contribution in [0.3, 0.4) is 0 Å². The Kier molecular flexibility index (Phi) is 3.55. The first kappa shape index (κ1) is 16.9. The van der Waals surface area contributed by atoms with Gasteiger partial charge in [-0.1, -0.05) is 74.9 Å². The molecule has 2 saturated carbocycles. The van der Waals surface area contributed by atoms with Crippen LogP contribution in [0.2, 0.25) is 5.82 Å². The normalized spacial score (nSPS) is 32.9. The van der Waals surface area contributed by atoms with Crippen molar-refractivity contribution in [1.82, 2.24) is 0 Å². The molecule has 4 rings (SSSR count). The van der Waals surface area contributed by atoms with Gasteiger partial charge in [0.25, 0.3) is 0 Å². The number of rotatable bonds is 3. The highest BCUT2D eigenvalue weighted by Crippen LogP contribution is 2.73. The SMILES string of the molecule is C=C1B([C@@](C)(c2ccc(Br)cc2)C2CC2)C2CC2C(C)(C)C1(C)C. The van der Waals surface area contributed by atoms with Crippen molar-refractivity contribution in [1.29, 1.82) is 0 Å². The van der Waals surface area contributed by atoms with Crippen LogP contribution in [0.25, 0.3) is 0 Å². The highest BCUT2D eigenvalue weighted by molar-refractivity contribution is 9.10. The lowest BCUT2D eigenvalue weighted by molar-refractivity contribution is 0.119. The predicted octanol–water partition coefficient (Wildman–Crippen LogP) is 6.70. The number of hydrogen-bond acceptors (Lipinski definition) is 0. The molecule has 0 bridgehead atoms. The van der Waals surface area contributed by atoms with Crippen LogP contribution in [0.1, 0.15) is 59.4 Å². The Morgan fingerprint density at radius 2 is 1.71 bits per heavy atom. The Morgan fingerprint density at radius 1 is 1.12 bits per heavy atom. The fraction of sp³-hybridized carbons (Fsp3) is 0.636. The van der Waals surface area contributed by atoms with E-state index in [1.807, 2.05) is 0 Å². The van der Waals surface area contributed by atoms with Crippen LogP contribution in [0.5, 0.6) is 0 Å². The molecule has 1 heterocycles. The summed E-state index contributed by atoms with van der Waals surface area (Å²) in [4.78, 5) is 0. The third-order valence-corrected chi connectivity index (χ3v) is 9.05. The van der Waals surface area contributed by atoms with Crippen LogP contribution in [-0.4, -0.2) is 6.71 Å². The van der Waals surface area contributed by atoms with Gasteiger partial charge in [-0.2, -0.15) is 0 Å². The van der Waals surface area contributed by atoms with Crippen molar-refractivity contribution in [3.8, 4) is 0 Å². The molecule has 24 heavy (non-hydrogen) atoms. The molecule has 1 saturated heterocycles. The van der Waals surface area contributed by atoms with E-state index in [9.17, 15) is 0 Å². The lowest BCUT2D eigenvalue weighted by atomic mass is 9.19. The summed E-state index contributed by atoms with van der Waals surface area (Å²) >= 11 is 3.61. The Bertz CT molecular complexity index is 682. The van der Waals surface area contributed by atoms with E-state index in [2.05, 4.69) is 74.8 Å². The van der Waals surface area contributed by atoms with Crippen LogP contribution in [-0.2, 0) is 5.31 Å². The maximum Gasteiger partial charge on any atom is 0.185 e. The first-order valence-corrected chi connectivity index (χ1v) is 10.4. The zero-order chi connectivity index (χ0) is 17.5. The Balaban J connectivity index is 1.80. The minimum absolute atomic E-state index is 0.209. The highest BCUT2D eigenvalue weighted by atomic mass is 79.9. The molecule has 0 N–H and O–H groups in total. The summed E-state index contributed by atoms with van der Waals surface area (Å²) < 4.78 is 1.18. The highest BCUT2D eigenvalue weighted by Gasteiger charge is 2.69. The van der Waals surface area contributed by atoms with Gasteiger partial charge in [-0.15, -0.1) is 12.1 Å². The van der Waals surface area contributed by atoms with Gasteiger partial charge in [0, 0.05) is 4.47 Å². The van der Waals surface area contributed by atoms with Gasteiger partial charge in [-0.25, -0.2) is 0 Å². The lowest BCUT2D eigenvalue weighted by Crippen LogP contribution is -2.54. The Morgan fingerprint density at radius 3 is 2.25 bits per heavy atom. The van der Waals surface area contributed by atoms with Crippen LogP contribution in [0.15, 0.2) is 40.8 Å². The molecule has 1 aliphatic heterocycles. The van der Waals surface area contributed by atoms with Crippen LogP contribution in [0.4, 0.5) is 0 Å². The molecular weight excluding hydrogens is 355 g/mol. The number of allylic oxidation sites excluding steroid dienone is 1.